The summed E-state index contributed by atoms with van der Waals surface area (Å²) in [6, 6.07) is 18.5. The molecule has 32 heavy (non-hydrogen) atoms. The molecule has 1 fully saturated rings. The van der Waals surface area contributed by atoms with Gasteiger partial charge in [0.15, 0.2) is 0 Å². The molecule has 1 aliphatic carbocycles. The van der Waals surface area contributed by atoms with Crippen LogP contribution < -0.4 is 20.7 Å². The Morgan fingerprint density at radius 2 is 1.84 bits per heavy atom. The number of benzene rings is 2. The highest BCUT2D eigenvalue weighted by molar-refractivity contribution is 6.00. The smallest absolute Gasteiger partial charge is 0.253 e. The molecular weight excluding hydrogens is 406 g/mol. The van der Waals surface area contributed by atoms with Crippen LogP contribution in [0, 0.1) is 5.92 Å². The third kappa shape index (κ3) is 5.49. The van der Waals surface area contributed by atoms with Gasteiger partial charge < -0.3 is 25.1 Å². The lowest BCUT2D eigenvalue weighted by molar-refractivity contribution is -0.120. The predicted molar refractivity (Wildman–Crippen MR) is 121 cm³/mol. The normalized spacial score (nSPS) is 13.8. The summed E-state index contributed by atoms with van der Waals surface area (Å²) in [6.07, 6.45) is 3.77. The Morgan fingerprint density at radius 1 is 1.06 bits per heavy atom. The highest BCUT2D eigenvalue weighted by Crippen LogP contribution is 2.41. The van der Waals surface area contributed by atoms with Crippen molar-refractivity contribution >= 4 is 17.5 Å². The van der Waals surface area contributed by atoms with Gasteiger partial charge in [-0.05, 0) is 60.7 Å². The number of ether oxygens (including phenoxy) is 1. The van der Waals surface area contributed by atoms with Crippen molar-refractivity contribution in [3.05, 3.63) is 83.8 Å². The monoisotopic (exact) mass is 433 g/mol. The first-order valence-electron chi connectivity index (χ1n) is 10.7. The summed E-state index contributed by atoms with van der Waals surface area (Å²) in [6.45, 7) is 0.368. The molecule has 1 aliphatic rings. The molecule has 1 atom stereocenters. The van der Waals surface area contributed by atoms with Crippen LogP contribution in [0.1, 0.15) is 40.6 Å². The fraction of sp³-hybridized carbons (Fsp3) is 0.280. The van der Waals surface area contributed by atoms with Crippen LogP contribution in [0.4, 0.5) is 5.69 Å². The number of carbonyl (C=O) groups is 2. The number of carbonyl (C=O) groups excluding carboxylic acids is 2. The van der Waals surface area contributed by atoms with Crippen molar-refractivity contribution in [3.63, 3.8) is 0 Å². The van der Waals surface area contributed by atoms with Gasteiger partial charge in [-0.25, -0.2) is 0 Å². The maximum Gasteiger partial charge on any atom is 0.253 e. The number of furan rings is 1. The van der Waals surface area contributed by atoms with Gasteiger partial charge in [-0.1, -0.05) is 24.3 Å². The Labute approximate surface area is 187 Å². The van der Waals surface area contributed by atoms with E-state index >= 15 is 0 Å². The standard InChI is InChI=1S/C25H27N3O4/c1-31-19-12-10-18(11-13-19)24(17-8-9-17)28-23(29)16-26-22-7-3-2-6-21(22)25(30)27-15-20-5-4-14-32-20/h2-7,10-14,17,24,26H,8-9,15-16H2,1H3,(H,27,30)(H,28,29). The summed E-state index contributed by atoms with van der Waals surface area (Å²) in [7, 11) is 1.63. The summed E-state index contributed by atoms with van der Waals surface area (Å²) in [5.41, 5.74) is 2.15. The molecule has 7 nitrogen and oxygen atoms in total. The van der Waals surface area contributed by atoms with E-state index in [4.69, 9.17) is 9.15 Å². The molecule has 1 aromatic heterocycles. The van der Waals surface area contributed by atoms with Crippen molar-refractivity contribution in [1.82, 2.24) is 10.6 Å². The van der Waals surface area contributed by atoms with Crippen LogP contribution in [-0.4, -0.2) is 25.5 Å². The van der Waals surface area contributed by atoms with Crippen molar-refractivity contribution in [1.29, 1.82) is 0 Å². The van der Waals surface area contributed by atoms with E-state index in [2.05, 4.69) is 16.0 Å². The van der Waals surface area contributed by atoms with Gasteiger partial charge >= 0.3 is 0 Å². The summed E-state index contributed by atoms with van der Waals surface area (Å²) in [5.74, 6) is 1.56. The highest BCUT2D eigenvalue weighted by atomic mass is 16.5. The Kier molecular flexibility index (Phi) is 6.75. The fourth-order valence-electron chi connectivity index (χ4n) is 3.63. The van der Waals surface area contributed by atoms with E-state index in [0.29, 0.717) is 29.5 Å². The molecule has 2 amide bonds. The zero-order valence-corrected chi connectivity index (χ0v) is 18.0. The number of rotatable bonds is 10. The molecule has 3 N–H and O–H groups in total. The number of amides is 2. The van der Waals surface area contributed by atoms with Gasteiger partial charge in [0.1, 0.15) is 11.5 Å². The maximum atomic E-state index is 12.7. The average molecular weight is 434 g/mol. The summed E-state index contributed by atoms with van der Waals surface area (Å²) >= 11 is 0. The summed E-state index contributed by atoms with van der Waals surface area (Å²) in [5, 5.41) is 9.08. The van der Waals surface area contributed by atoms with Gasteiger partial charge in [-0.3, -0.25) is 9.59 Å². The number of nitrogens with one attached hydrogen (secondary N) is 3. The number of hydrogen-bond acceptors (Lipinski definition) is 5. The molecule has 0 aliphatic heterocycles. The van der Waals surface area contributed by atoms with Crippen LogP contribution in [0.25, 0.3) is 0 Å². The average Bonchev–Trinajstić information content (AvgIpc) is 3.54. The van der Waals surface area contributed by atoms with Gasteiger partial charge in [0.2, 0.25) is 5.91 Å². The number of para-hydroxylation sites is 1. The van der Waals surface area contributed by atoms with E-state index < -0.39 is 0 Å². The van der Waals surface area contributed by atoms with E-state index in [1.807, 2.05) is 30.3 Å². The minimum atomic E-state index is -0.237. The van der Waals surface area contributed by atoms with E-state index in [0.717, 1.165) is 24.2 Å². The van der Waals surface area contributed by atoms with Crippen LogP contribution >= 0.6 is 0 Å². The first-order valence-corrected chi connectivity index (χ1v) is 10.7. The molecule has 3 aromatic rings. The van der Waals surface area contributed by atoms with Gasteiger partial charge in [0, 0.05) is 5.69 Å². The van der Waals surface area contributed by atoms with Gasteiger partial charge in [0.05, 0.1) is 38.1 Å². The first-order chi connectivity index (χ1) is 15.6. The molecule has 0 bridgehead atoms. The maximum absolute atomic E-state index is 12.7. The highest BCUT2D eigenvalue weighted by Gasteiger charge is 2.33. The van der Waals surface area contributed by atoms with E-state index in [9.17, 15) is 9.59 Å². The lowest BCUT2D eigenvalue weighted by atomic mass is 10.0. The number of hydrogen-bond donors (Lipinski definition) is 3. The molecule has 7 heteroatoms. The molecule has 0 radical (unpaired) electrons. The molecule has 1 heterocycles. The molecule has 166 valence electrons. The Hall–Kier alpha value is -3.74. The Morgan fingerprint density at radius 3 is 2.53 bits per heavy atom. The third-order valence-electron chi connectivity index (χ3n) is 5.50. The topological polar surface area (TPSA) is 92.6 Å². The van der Waals surface area contributed by atoms with Crippen molar-refractivity contribution < 1.29 is 18.7 Å². The minimum Gasteiger partial charge on any atom is -0.497 e. The van der Waals surface area contributed by atoms with E-state index in [-0.39, 0.29) is 24.4 Å². The lowest BCUT2D eigenvalue weighted by Crippen LogP contribution is -2.34. The largest absolute Gasteiger partial charge is 0.497 e. The second-order valence-electron chi connectivity index (χ2n) is 7.82. The quantitative estimate of drug-likeness (QED) is 0.451. The number of methoxy groups -OCH3 is 1. The van der Waals surface area contributed by atoms with Gasteiger partial charge in [-0.15, -0.1) is 0 Å². The van der Waals surface area contributed by atoms with Crippen LogP contribution in [0.3, 0.4) is 0 Å². The fourth-order valence-corrected chi connectivity index (χ4v) is 3.63. The Balaban J connectivity index is 1.35. The van der Waals surface area contributed by atoms with E-state index in [1.54, 1.807) is 43.7 Å². The van der Waals surface area contributed by atoms with Crippen LogP contribution in [-0.2, 0) is 11.3 Å². The zero-order chi connectivity index (χ0) is 22.3. The van der Waals surface area contributed by atoms with Crippen LogP contribution in [0.5, 0.6) is 5.75 Å². The molecule has 1 saturated carbocycles. The molecule has 1 unspecified atom stereocenters. The first kappa shape index (κ1) is 21.5. The van der Waals surface area contributed by atoms with Crippen molar-refractivity contribution in [2.45, 2.75) is 25.4 Å². The second kappa shape index (κ2) is 10.0. The Bertz CT molecular complexity index is 1040. The van der Waals surface area contributed by atoms with Crippen LogP contribution in [0.15, 0.2) is 71.3 Å². The van der Waals surface area contributed by atoms with Gasteiger partial charge in [0.25, 0.3) is 5.91 Å². The van der Waals surface area contributed by atoms with Gasteiger partial charge in [-0.2, -0.15) is 0 Å². The summed E-state index contributed by atoms with van der Waals surface area (Å²) < 4.78 is 10.5. The molecule has 0 spiro atoms. The SMILES string of the molecule is COc1ccc(C(NC(=O)CNc2ccccc2C(=O)NCc2ccco2)C2CC2)cc1. The molecule has 4 rings (SSSR count). The third-order valence-corrected chi connectivity index (χ3v) is 5.50. The zero-order valence-electron chi connectivity index (χ0n) is 18.0. The molecular formula is C25H27N3O4. The predicted octanol–water partition coefficient (Wildman–Crippen LogP) is 3.90. The minimum absolute atomic E-state index is 0.0259. The molecule has 0 saturated heterocycles. The summed E-state index contributed by atoms with van der Waals surface area (Å²) in [4.78, 5) is 25.3. The number of anilines is 1. The van der Waals surface area contributed by atoms with E-state index in [1.165, 1.54) is 0 Å². The second-order valence-corrected chi connectivity index (χ2v) is 7.82. The van der Waals surface area contributed by atoms with Crippen LogP contribution in [0.2, 0.25) is 0 Å². The lowest BCUT2D eigenvalue weighted by Gasteiger charge is -2.20. The van der Waals surface area contributed by atoms with Crippen molar-refractivity contribution in [2.75, 3.05) is 19.0 Å². The van der Waals surface area contributed by atoms with Crippen molar-refractivity contribution in [2.24, 2.45) is 5.92 Å². The molecule has 2 aromatic carbocycles. The van der Waals surface area contributed by atoms with Crippen molar-refractivity contribution in [3.8, 4) is 5.75 Å².